The second-order valence-electron chi connectivity index (χ2n) is 4.51. The summed E-state index contributed by atoms with van der Waals surface area (Å²) in [4.78, 5) is 12.1. The van der Waals surface area contributed by atoms with Crippen molar-refractivity contribution >= 4 is 23.2 Å². The zero-order valence-corrected chi connectivity index (χ0v) is 12.4. The monoisotopic (exact) mass is 318 g/mol. The average Bonchev–Trinajstić information content (AvgIpc) is 2.50. The fourth-order valence-corrected chi connectivity index (χ4v) is 1.94. The standard InChI is InChI=1S/C16H12ClFN2O2/c1-10(22-13-4-2-3-11(7-13)9-19)16(21)20-15-6-5-12(18)8-14(15)17/h2-8,10H,1H3,(H,20,21). The number of amides is 1. The molecular formula is C16H12ClFN2O2. The summed E-state index contributed by atoms with van der Waals surface area (Å²) in [5.41, 5.74) is 0.737. The van der Waals surface area contributed by atoms with E-state index >= 15 is 0 Å². The highest BCUT2D eigenvalue weighted by Crippen LogP contribution is 2.23. The van der Waals surface area contributed by atoms with Crippen molar-refractivity contribution < 1.29 is 13.9 Å². The molecule has 0 aliphatic carbocycles. The zero-order chi connectivity index (χ0) is 16.1. The maximum atomic E-state index is 13.0. The highest BCUT2D eigenvalue weighted by atomic mass is 35.5. The first kappa shape index (κ1) is 15.8. The van der Waals surface area contributed by atoms with E-state index < -0.39 is 17.8 Å². The van der Waals surface area contributed by atoms with Crippen LogP contribution < -0.4 is 10.1 Å². The van der Waals surface area contributed by atoms with Gasteiger partial charge in [0.1, 0.15) is 11.6 Å². The molecule has 1 amide bonds. The number of carbonyl (C=O) groups excluding carboxylic acids is 1. The number of benzene rings is 2. The third-order valence-corrected chi connectivity index (χ3v) is 3.15. The Labute approximate surface area is 132 Å². The van der Waals surface area contributed by atoms with Gasteiger partial charge in [0, 0.05) is 0 Å². The van der Waals surface area contributed by atoms with Gasteiger partial charge in [-0.1, -0.05) is 17.7 Å². The number of nitrogens with zero attached hydrogens (tertiary/aromatic N) is 1. The van der Waals surface area contributed by atoms with E-state index in [0.29, 0.717) is 17.0 Å². The molecule has 0 aromatic heterocycles. The van der Waals surface area contributed by atoms with Crippen LogP contribution in [0, 0.1) is 17.1 Å². The summed E-state index contributed by atoms with van der Waals surface area (Å²) in [6.07, 6.45) is -0.810. The number of ether oxygens (including phenoxy) is 1. The third kappa shape index (κ3) is 3.96. The third-order valence-electron chi connectivity index (χ3n) is 2.83. The molecule has 6 heteroatoms. The lowest BCUT2D eigenvalue weighted by molar-refractivity contribution is -0.122. The van der Waals surface area contributed by atoms with E-state index in [9.17, 15) is 9.18 Å². The van der Waals surface area contributed by atoms with Crippen molar-refractivity contribution in [3.05, 3.63) is 58.9 Å². The lowest BCUT2D eigenvalue weighted by atomic mass is 10.2. The molecule has 112 valence electrons. The number of hydrogen-bond donors (Lipinski definition) is 1. The van der Waals surface area contributed by atoms with E-state index in [-0.39, 0.29) is 5.02 Å². The SMILES string of the molecule is CC(Oc1cccc(C#N)c1)C(=O)Nc1ccc(F)cc1Cl. The van der Waals surface area contributed by atoms with E-state index in [4.69, 9.17) is 21.6 Å². The number of anilines is 1. The summed E-state index contributed by atoms with van der Waals surface area (Å²) in [5.74, 6) is -0.511. The van der Waals surface area contributed by atoms with Crippen LogP contribution in [-0.4, -0.2) is 12.0 Å². The average molecular weight is 319 g/mol. The molecule has 1 unspecified atom stereocenters. The fourth-order valence-electron chi connectivity index (χ4n) is 1.72. The Morgan fingerprint density at radius 1 is 1.36 bits per heavy atom. The largest absolute Gasteiger partial charge is 0.481 e. The van der Waals surface area contributed by atoms with Gasteiger partial charge in [-0.3, -0.25) is 4.79 Å². The minimum absolute atomic E-state index is 0.104. The molecule has 0 bridgehead atoms. The van der Waals surface area contributed by atoms with Crippen LogP contribution in [0.4, 0.5) is 10.1 Å². The molecule has 22 heavy (non-hydrogen) atoms. The first-order valence-corrected chi connectivity index (χ1v) is 6.80. The maximum absolute atomic E-state index is 13.0. The maximum Gasteiger partial charge on any atom is 0.265 e. The summed E-state index contributed by atoms with van der Waals surface area (Å²) in [6.45, 7) is 1.56. The van der Waals surface area contributed by atoms with Crippen molar-refractivity contribution in [1.29, 1.82) is 5.26 Å². The lowest BCUT2D eigenvalue weighted by Crippen LogP contribution is -2.30. The van der Waals surface area contributed by atoms with Crippen molar-refractivity contribution in [1.82, 2.24) is 0 Å². The smallest absolute Gasteiger partial charge is 0.265 e. The predicted molar refractivity (Wildman–Crippen MR) is 81.3 cm³/mol. The topological polar surface area (TPSA) is 62.1 Å². The van der Waals surface area contributed by atoms with E-state index in [1.807, 2.05) is 6.07 Å². The van der Waals surface area contributed by atoms with Crippen LogP contribution >= 0.6 is 11.6 Å². The number of nitriles is 1. The van der Waals surface area contributed by atoms with E-state index in [1.54, 1.807) is 25.1 Å². The summed E-state index contributed by atoms with van der Waals surface area (Å²) < 4.78 is 18.4. The Hall–Kier alpha value is -2.58. The van der Waals surface area contributed by atoms with Gasteiger partial charge in [-0.25, -0.2) is 4.39 Å². The summed E-state index contributed by atoms with van der Waals surface area (Å²) in [7, 11) is 0. The fraction of sp³-hybridized carbons (Fsp3) is 0.125. The second kappa shape index (κ2) is 6.92. The quantitative estimate of drug-likeness (QED) is 0.933. The Morgan fingerprint density at radius 3 is 2.82 bits per heavy atom. The van der Waals surface area contributed by atoms with Crippen molar-refractivity contribution in [2.75, 3.05) is 5.32 Å². The van der Waals surface area contributed by atoms with Gasteiger partial charge in [-0.2, -0.15) is 5.26 Å². The summed E-state index contributed by atoms with van der Waals surface area (Å²) >= 11 is 5.85. The lowest BCUT2D eigenvalue weighted by Gasteiger charge is -2.15. The molecule has 0 aliphatic rings. The van der Waals surface area contributed by atoms with Gasteiger partial charge in [0.2, 0.25) is 0 Å². The number of nitrogens with one attached hydrogen (secondary N) is 1. The molecule has 0 saturated heterocycles. The normalized spacial score (nSPS) is 11.4. The highest BCUT2D eigenvalue weighted by molar-refractivity contribution is 6.33. The van der Waals surface area contributed by atoms with Gasteiger partial charge in [-0.05, 0) is 43.3 Å². The van der Waals surface area contributed by atoms with Crippen molar-refractivity contribution in [3.8, 4) is 11.8 Å². The van der Waals surface area contributed by atoms with Gasteiger partial charge in [-0.15, -0.1) is 0 Å². The molecule has 0 aliphatic heterocycles. The molecule has 2 aromatic rings. The van der Waals surface area contributed by atoms with E-state index in [1.165, 1.54) is 18.2 Å². The molecule has 0 spiro atoms. The number of hydrogen-bond acceptors (Lipinski definition) is 3. The first-order valence-electron chi connectivity index (χ1n) is 6.42. The molecule has 0 fully saturated rings. The van der Waals surface area contributed by atoms with Gasteiger partial charge in [0.15, 0.2) is 6.10 Å². The van der Waals surface area contributed by atoms with Gasteiger partial charge >= 0.3 is 0 Å². The number of carbonyl (C=O) groups is 1. The van der Waals surface area contributed by atoms with Gasteiger partial charge in [0.25, 0.3) is 5.91 Å². The van der Waals surface area contributed by atoms with Crippen molar-refractivity contribution in [2.45, 2.75) is 13.0 Å². The minimum Gasteiger partial charge on any atom is -0.481 e. The second-order valence-corrected chi connectivity index (χ2v) is 4.92. The number of rotatable bonds is 4. The summed E-state index contributed by atoms with van der Waals surface area (Å²) in [5, 5.41) is 11.5. The van der Waals surface area contributed by atoms with E-state index in [0.717, 1.165) is 6.07 Å². The van der Waals surface area contributed by atoms with Gasteiger partial charge < -0.3 is 10.1 Å². The minimum atomic E-state index is -0.810. The van der Waals surface area contributed by atoms with Crippen LogP contribution in [-0.2, 0) is 4.79 Å². The molecule has 0 saturated carbocycles. The molecule has 2 aromatic carbocycles. The van der Waals surface area contributed by atoms with Crippen LogP contribution in [0.15, 0.2) is 42.5 Å². The Balaban J connectivity index is 2.04. The first-order chi connectivity index (χ1) is 10.5. The molecule has 4 nitrogen and oxygen atoms in total. The molecule has 1 atom stereocenters. The zero-order valence-electron chi connectivity index (χ0n) is 11.6. The van der Waals surface area contributed by atoms with Crippen LogP contribution in [0.3, 0.4) is 0 Å². The molecule has 2 rings (SSSR count). The van der Waals surface area contributed by atoms with Crippen molar-refractivity contribution in [3.63, 3.8) is 0 Å². The molecular weight excluding hydrogens is 307 g/mol. The Kier molecular flexibility index (Phi) is 4.97. The van der Waals surface area contributed by atoms with Crippen molar-refractivity contribution in [2.24, 2.45) is 0 Å². The van der Waals surface area contributed by atoms with Gasteiger partial charge in [0.05, 0.1) is 22.3 Å². The van der Waals surface area contributed by atoms with Crippen LogP contribution in [0.5, 0.6) is 5.75 Å². The van der Waals surface area contributed by atoms with Crippen LogP contribution in [0.2, 0.25) is 5.02 Å². The number of halogens is 2. The molecule has 0 heterocycles. The van der Waals surface area contributed by atoms with E-state index in [2.05, 4.69) is 5.32 Å². The molecule has 0 radical (unpaired) electrons. The molecule has 1 N–H and O–H groups in total. The Morgan fingerprint density at radius 2 is 2.14 bits per heavy atom. The predicted octanol–water partition coefficient (Wildman–Crippen LogP) is 3.76. The van der Waals surface area contributed by atoms with Crippen LogP contribution in [0.25, 0.3) is 0 Å². The summed E-state index contributed by atoms with van der Waals surface area (Å²) in [6, 6.07) is 12.2. The van der Waals surface area contributed by atoms with Crippen LogP contribution in [0.1, 0.15) is 12.5 Å². The Bertz CT molecular complexity index is 743. The highest BCUT2D eigenvalue weighted by Gasteiger charge is 2.16.